The molecule has 0 saturated carbocycles. The highest BCUT2D eigenvalue weighted by Gasteiger charge is 2.20. The van der Waals surface area contributed by atoms with Crippen LogP contribution in [0.25, 0.3) is 0 Å². The Kier molecular flexibility index (Phi) is 3.42. The third-order valence-electron chi connectivity index (χ3n) is 1.60. The molecule has 0 aliphatic carbocycles. The summed E-state index contributed by atoms with van der Waals surface area (Å²) in [6.07, 6.45) is 0. The summed E-state index contributed by atoms with van der Waals surface area (Å²) in [6, 6.07) is -0.888. The number of carbonyl (C=O) groups is 1. The molecule has 0 aromatic carbocycles. The van der Waals surface area contributed by atoms with Crippen molar-refractivity contribution in [2.24, 2.45) is 5.73 Å². The van der Waals surface area contributed by atoms with E-state index < -0.39 is 6.04 Å². The molecule has 1 aliphatic rings. The standard InChI is InChI=1S/C6H13N3O3/c7-5(2-10)6(11)9-4-1-8-12-3-4/h4-5,8,10H,1-3,7H2,(H,9,11)/t4-,5-/m1/s1. The van der Waals surface area contributed by atoms with Crippen molar-refractivity contribution in [1.82, 2.24) is 10.8 Å². The molecule has 12 heavy (non-hydrogen) atoms. The van der Waals surface area contributed by atoms with Crippen molar-refractivity contribution in [3.8, 4) is 0 Å². The first-order chi connectivity index (χ1) is 5.74. The van der Waals surface area contributed by atoms with E-state index in [2.05, 4.69) is 10.8 Å². The monoisotopic (exact) mass is 175 g/mol. The fourth-order valence-electron chi connectivity index (χ4n) is 0.862. The highest BCUT2D eigenvalue weighted by Crippen LogP contribution is 1.91. The van der Waals surface area contributed by atoms with Crippen molar-refractivity contribution in [2.75, 3.05) is 19.8 Å². The molecular formula is C6H13N3O3. The van der Waals surface area contributed by atoms with Gasteiger partial charge < -0.3 is 16.2 Å². The summed E-state index contributed by atoms with van der Waals surface area (Å²) in [7, 11) is 0. The van der Waals surface area contributed by atoms with Crippen LogP contribution in [-0.2, 0) is 9.63 Å². The largest absolute Gasteiger partial charge is 0.394 e. The summed E-state index contributed by atoms with van der Waals surface area (Å²) in [5.41, 5.74) is 7.89. The predicted molar refractivity (Wildman–Crippen MR) is 40.9 cm³/mol. The molecule has 1 heterocycles. The SMILES string of the molecule is N[C@H](CO)C(=O)N[C@@H]1CNOC1. The summed E-state index contributed by atoms with van der Waals surface area (Å²) in [4.78, 5) is 15.9. The number of aliphatic hydroxyl groups excluding tert-OH is 1. The zero-order valence-corrected chi connectivity index (χ0v) is 6.62. The minimum Gasteiger partial charge on any atom is -0.394 e. The number of hydrogen-bond donors (Lipinski definition) is 4. The number of nitrogens with one attached hydrogen (secondary N) is 2. The van der Waals surface area contributed by atoms with Crippen molar-refractivity contribution < 1.29 is 14.7 Å². The molecule has 6 heteroatoms. The lowest BCUT2D eigenvalue weighted by molar-refractivity contribution is -0.123. The van der Waals surface area contributed by atoms with Crippen LogP contribution in [0.15, 0.2) is 0 Å². The van der Waals surface area contributed by atoms with Gasteiger partial charge in [-0.1, -0.05) is 0 Å². The van der Waals surface area contributed by atoms with E-state index in [0.717, 1.165) is 0 Å². The molecule has 1 saturated heterocycles. The van der Waals surface area contributed by atoms with Gasteiger partial charge in [-0.25, -0.2) is 5.48 Å². The maximum absolute atomic E-state index is 11.1. The van der Waals surface area contributed by atoms with Gasteiger partial charge in [0.25, 0.3) is 0 Å². The second-order valence-corrected chi connectivity index (χ2v) is 2.65. The lowest BCUT2D eigenvalue weighted by Gasteiger charge is -2.12. The van der Waals surface area contributed by atoms with E-state index in [1.54, 1.807) is 0 Å². The number of carbonyl (C=O) groups excluding carboxylic acids is 1. The number of hydrogen-bond acceptors (Lipinski definition) is 5. The molecule has 0 radical (unpaired) electrons. The first-order valence-corrected chi connectivity index (χ1v) is 3.75. The van der Waals surface area contributed by atoms with Gasteiger partial charge in [0.15, 0.2) is 0 Å². The zero-order valence-electron chi connectivity index (χ0n) is 6.62. The van der Waals surface area contributed by atoms with Crippen LogP contribution in [0.5, 0.6) is 0 Å². The second-order valence-electron chi connectivity index (χ2n) is 2.65. The molecule has 6 nitrogen and oxygen atoms in total. The lowest BCUT2D eigenvalue weighted by Crippen LogP contribution is -2.48. The van der Waals surface area contributed by atoms with E-state index in [1.165, 1.54) is 0 Å². The van der Waals surface area contributed by atoms with Crippen LogP contribution in [0.4, 0.5) is 0 Å². The van der Waals surface area contributed by atoms with Gasteiger partial charge in [-0.3, -0.25) is 9.63 Å². The normalized spacial score (nSPS) is 25.3. The molecule has 70 valence electrons. The van der Waals surface area contributed by atoms with Crippen molar-refractivity contribution in [1.29, 1.82) is 0 Å². The average molecular weight is 175 g/mol. The van der Waals surface area contributed by atoms with E-state index in [4.69, 9.17) is 15.7 Å². The van der Waals surface area contributed by atoms with Gasteiger partial charge in [0, 0.05) is 6.54 Å². The minimum atomic E-state index is -0.842. The Balaban J connectivity index is 2.25. The third-order valence-corrected chi connectivity index (χ3v) is 1.60. The van der Waals surface area contributed by atoms with E-state index in [1.807, 2.05) is 0 Å². The van der Waals surface area contributed by atoms with Crippen LogP contribution in [-0.4, -0.2) is 42.9 Å². The van der Waals surface area contributed by atoms with E-state index in [0.29, 0.717) is 13.2 Å². The van der Waals surface area contributed by atoms with Gasteiger partial charge in [-0.2, -0.15) is 0 Å². The number of rotatable bonds is 3. The average Bonchev–Trinajstić information content (AvgIpc) is 2.55. The Morgan fingerprint density at radius 3 is 3.17 bits per heavy atom. The van der Waals surface area contributed by atoms with Crippen molar-refractivity contribution in [3.05, 3.63) is 0 Å². The summed E-state index contributed by atoms with van der Waals surface area (Å²) in [5.74, 6) is -0.352. The molecule has 2 atom stereocenters. The van der Waals surface area contributed by atoms with Gasteiger partial charge in [-0.05, 0) is 0 Å². The van der Waals surface area contributed by atoms with Crippen LogP contribution in [0, 0.1) is 0 Å². The van der Waals surface area contributed by atoms with Crippen LogP contribution in [0.2, 0.25) is 0 Å². The fourth-order valence-corrected chi connectivity index (χ4v) is 0.862. The highest BCUT2D eigenvalue weighted by molar-refractivity contribution is 5.81. The summed E-state index contributed by atoms with van der Waals surface area (Å²) in [6.45, 7) is 0.667. The minimum absolute atomic E-state index is 0.0462. The highest BCUT2D eigenvalue weighted by atomic mass is 16.7. The molecule has 0 unspecified atom stereocenters. The van der Waals surface area contributed by atoms with Crippen LogP contribution in [0.1, 0.15) is 0 Å². The third kappa shape index (κ3) is 2.42. The maximum atomic E-state index is 11.1. The second kappa shape index (κ2) is 4.36. The molecule has 1 aliphatic heterocycles. The van der Waals surface area contributed by atoms with E-state index >= 15 is 0 Å². The Morgan fingerprint density at radius 2 is 2.67 bits per heavy atom. The Labute approximate surface area is 70.0 Å². The number of nitrogens with two attached hydrogens (primary N) is 1. The number of hydroxylamine groups is 1. The molecule has 1 rings (SSSR count). The molecule has 1 fully saturated rings. The molecule has 0 aromatic heterocycles. The smallest absolute Gasteiger partial charge is 0.239 e. The van der Waals surface area contributed by atoms with Crippen molar-refractivity contribution in [2.45, 2.75) is 12.1 Å². The fraction of sp³-hybridized carbons (Fsp3) is 0.833. The van der Waals surface area contributed by atoms with Crippen LogP contribution in [0.3, 0.4) is 0 Å². The first-order valence-electron chi connectivity index (χ1n) is 3.75. The van der Waals surface area contributed by atoms with E-state index in [9.17, 15) is 4.79 Å². The van der Waals surface area contributed by atoms with Crippen molar-refractivity contribution in [3.63, 3.8) is 0 Å². The van der Waals surface area contributed by atoms with Gasteiger partial charge >= 0.3 is 0 Å². The molecule has 5 N–H and O–H groups in total. The van der Waals surface area contributed by atoms with Gasteiger partial charge in [0.05, 0.1) is 19.3 Å². The van der Waals surface area contributed by atoms with Crippen LogP contribution >= 0.6 is 0 Å². The predicted octanol–water partition coefficient (Wildman–Crippen LogP) is -2.67. The maximum Gasteiger partial charge on any atom is 0.239 e. The Bertz CT molecular complexity index is 158. The number of amides is 1. The summed E-state index contributed by atoms with van der Waals surface area (Å²) < 4.78 is 0. The molecule has 0 bridgehead atoms. The zero-order chi connectivity index (χ0) is 8.97. The molecular weight excluding hydrogens is 162 g/mol. The molecule has 1 amide bonds. The summed E-state index contributed by atoms with van der Waals surface area (Å²) >= 11 is 0. The first kappa shape index (κ1) is 9.40. The Morgan fingerprint density at radius 1 is 1.92 bits per heavy atom. The quantitative estimate of drug-likeness (QED) is 0.375. The molecule has 0 spiro atoms. The Hall–Kier alpha value is -0.690. The van der Waals surface area contributed by atoms with Crippen molar-refractivity contribution >= 4 is 5.91 Å². The topological polar surface area (TPSA) is 96.6 Å². The van der Waals surface area contributed by atoms with Gasteiger partial charge in [0.1, 0.15) is 6.04 Å². The van der Waals surface area contributed by atoms with E-state index in [-0.39, 0.29) is 18.6 Å². The van der Waals surface area contributed by atoms with Gasteiger partial charge in [-0.15, -0.1) is 0 Å². The van der Waals surface area contributed by atoms with Gasteiger partial charge in [0.2, 0.25) is 5.91 Å². The number of aliphatic hydroxyl groups is 1. The molecule has 0 aromatic rings. The lowest BCUT2D eigenvalue weighted by atomic mass is 10.2. The van der Waals surface area contributed by atoms with Crippen LogP contribution < -0.4 is 16.5 Å². The summed E-state index contributed by atoms with van der Waals surface area (Å²) in [5, 5.41) is 11.2.